The molecular weight excluding hydrogens is 184 g/mol. The van der Waals surface area contributed by atoms with Gasteiger partial charge in [-0.25, -0.2) is 0 Å². The molecule has 1 aromatic carbocycles. The lowest BCUT2D eigenvalue weighted by molar-refractivity contribution is -0.118. The van der Waals surface area contributed by atoms with E-state index in [0.717, 1.165) is 6.42 Å². The van der Waals surface area contributed by atoms with E-state index in [1.54, 1.807) is 0 Å². The maximum Gasteiger partial charge on any atom is 0.137 e. The van der Waals surface area contributed by atoms with Crippen LogP contribution < -0.4 is 0 Å². The molecule has 0 heterocycles. The average molecular weight is 204 g/mol. The van der Waals surface area contributed by atoms with Crippen molar-refractivity contribution < 1.29 is 4.79 Å². The number of hydrogen-bond acceptors (Lipinski definition) is 1. The van der Waals surface area contributed by atoms with E-state index in [4.69, 9.17) is 0 Å². The molecule has 0 aliphatic heterocycles. The van der Waals surface area contributed by atoms with Gasteiger partial charge in [0.2, 0.25) is 0 Å². The predicted octanol–water partition coefficient (Wildman–Crippen LogP) is 3.41. The van der Waals surface area contributed by atoms with E-state index in [0.29, 0.717) is 24.5 Å². The topological polar surface area (TPSA) is 17.1 Å². The highest BCUT2D eigenvalue weighted by molar-refractivity contribution is 5.80. The molecule has 0 bridgehead atoms. The van der Waals surface area contributed by atoms with Gasteiger partial charge >= 0.3 is 0 Å². The van der Waals surface area contributed by atoms with Crippen molar-refractivity contribution in [1.29, 1.82) is 0 Å². The Morgan fingerprint density at radius 1 is 1.20 bits per heavy atom. The summed E-state index contributed by atoms with van der Waals surface area (Å²) >= 11 is 0. The molecule has 0 aliphatic rings. The zero-order valence-corrected chi connectivity index (χ0v) is 9.92. The second kappa shape index (κ2) is 5.69. The number of Topliss-reactive ketones (excluding diaryl/α,β-unsaturated/α-hetero) is 1. The van der Waals surface area contributed by atoms with Crippen molar-refractivity contribution in [3.05, 3.63) is 35.4 Å². The van der Waals surface area contributed by atoms with Crippen LogP contribution >= 0.6 is 0 Å². The minimum Gasteiger partial charge on any atom is -0.299 e. The van der Waals surface area contributed by atoms with Crippen LogP contribution in [0.3, 0.4) is 0 Å². The van der Waals surface area contributed by atoms with E-state index < -0.39 is 0 Å². The Labute approximate surface area is 92.5 Å². The minimum atomic E-state index is 0.325. The first-order valence-electron chi connectivity index (χ1n) is 5.72. The molecule has 1 aromatic rings. The predicted molar refractivity (Wildman–Crippen MR) is 64.0 cm³/mol. The lowest BCUT2D eigenvalue weighted by atomic mass is 9.95. The highest BCUT2D eigenvalue weighted by Gasteiger charge is 2.07. The lowest BCUT2D eigenvalue weighted by Gasteiger charge is -2.10. The van der Waals surface area contributed by atoms with Gasteiger partial charge in [-0.05, 0) is 23.5 Å². The van der Waals surface area contributed by atoms with Crippen molar-refractivity contribution in [2.45, 2.75) is 40.0 Å². The summed E-state index contributed by atoms with van der Waals surface area (Å²) in [6.45, 7) is 6.34. The molecule has 0 fully saturated rings. The van der Waals surface area contributed by atoms with Crippen LogP contribution in [0.1, 0.15) is 38.3 Å². The Balaban J connectivity index is 2.81. The normalized spacial score (nSPS) is 10.7. The van der Waals surface area contributed by atoms with Crippen LogP contribution in [0.4, 0.5) is 0 Å². The van der Waals surface area contributed by atoms with Crippen molar-refractivity contribution >= 4 is 5.78 Å². The first-order valence-corrected chi connectivity index (χ1v) is 5.72. The van der Waals surface area contributed by atoms with Gasteiger partial charge in [0, 0.05) is 12.8 Å². The molecule has 0 aliphatic carbocycles. The van der Waals surface area contributed by atoms with Gasteiger partial charge < -0.3 is 0 Å². The number of carbonyl (C=O) groups excluding carboxylic acids is 1. The van der Waals surface area contributed by atoms with Crippen LogP contribution in [0.15, 0.2) is 24.3 Å². The molecule has 1 nitrogen and oxygen atoms in total. The van der Waals surface area contributed by atoms with Crippen molar-refractivity contribution in [3.8, 4) is 0 Å². The first kappa shape index (κ1) is 12.0. The van der Waals surface area contributed by atoms with Gasteiger partial charge in [-0.1, -0.05) is 45.0 Å². The highest BCUT2D eigenvalue weighted by Crippen LogP contribution is 2.15. The van der Waals surface area contributed by atoms with Gasteiger partial charge in [-0.3, -0.25) is 4.79 Å². The molecule has 0 radical (unpaired) electrons. The summed E-state index contributed by atoms with van der Waals surface area (Å²) in [5, 5.41) is 0. The van der Waals surface area contributed by atoms with E-state index in [-0.39, 0.29) is 0 Å². The largest absolute Gasteiger partial charge is 0.299 e. The monoisotopic (exact) mass is 204 g/mol. The van der Waals surface area contributed by atoms with Gasteiger partial charge in [0.25, 0.3) is 0 Å². The van der Waals surface area contributed by atoms with Crippen molar-refractivity contribution in [2.75, 3.05) is 0 Å². The molecule has 0 saturated carbocycles. The number of ketones is 1. The van der Waals surface area contributed by atoms with E-state index in [2.05, 4.69) is 32.0 Å². The van der Waals surface area contributed by atoms with Crippen molar-refractivity contribution in [3.63, 3.8) is 0 Å². The molecule has 15 heavy (non-hydrogen) atoms. The van der Waals surface area contributed by atoms with Crippen LogP contribution in [-0.4, -0.2) is 5.78 Å². The summed E-state index contributed by atoms with van der Waals surface area (Å²) in [5.41, 5.74) is 2.53. The van der Waals surface area contributed by atoms with Crippen LogP contribution in [0, 0.1) is 5.92 Å². The van der Waals surface area contributed by atoms with Crippen LogP contribution in [-0.2, 0) is 17.6 Å². The summed E-state index contributed by atoms with van der Waals surface area (Å²) in [4.78, 5) is 11.4. The van der Waals surface area contributed by atoms with Crippen molar-refractivity contribution in [2.24, 2.45) is 5.92 Å². The average Bonchev–Trinajstić information content (AvgIpc) is 2.20. The third kappa shape index (κ3) is 3.86. The molecular formula is C14H20O. The first-order chi connectivity index (χ1) is 7.13. The van der Waals surface area contributed by atoms with E-state index in [9.17, 15) is 4.79 Å². The molecule has 0 spiro atoms. The third-order valence-corrected chi connectivity index (χ3v) is 2.53. The number of rotatable bonds is 5. The van der Waals surface area contributed by atoms with Gasteiger partial charge in [-0.2, -0.15) is 0 Å². The fourth-order valence-corrected chi connectivity index (χ4v) is 1.71. The number of carbonyl (C=O) groups is 1. The standard InChI is InChI=1S/C14H20O/c1-4-14(15)10-13-8-6-5-7-12(13)9-11(2)3/h5-8,11H,4,9-10H2,1-3H3. The lowest BCUT2D eigenvalue weighted by Crippen LogP contribution is -2.05. The fourth-order valence-electron chi connectivity index (χ4n) is 1.71. The summed E-state index contributed by atoms with van der Waals surface area (Å²) in [5.74, 6) is 0.967. The smallest absolute Gasteiger partial charge is 0.137 e. The summed E-state index contributed by atoms with van der Waals surface area (Å²) in [6.07, 6.45) is 2.29. The fraction of sp³-hybridized carbons (Fsp3) is 0.500. The van der Waals surface area contributed by atoms with Gasteiger partial charge in [0.15, 0.2) is 0 Å². The maximum absolute atomic E-state index is 11.4. The Morgan fingerprint density at radius 2 is 1.80 bits per heavy atom. The molecule has 0 saturated heterocycles. The second-order valence-corrected chi connectivity index (χ2v) is 4.44. The Bertz CT molecular complexity index is 326. The van der Waals surface area contributed by atoms with E-state index >= 15 is 0 Å². The summed E-state index contributed by atoms with van der Waals surface area (Å²) < 4.78 is 0. The van der Waals surface area contributed by atoms with E-state index in [1.807, 2.05) is 13.0 Å². The Morgan fingerprint density at radius 3 is 2.33 bits per heavy atom. The van der Waals surface area contributed by atoms with E-state index in [1.165, 1.54) is 11.1 Å². The van der Waals surface area contributed by atoms with Crippen LogP contribution in [0.2, 0.25) is 0 Å². The van der Waals surface area contributed by atoms with Crippen LogP contribution in [0.5, 0.6) is 0 Å². The second-order valence-electron chi connectivity index (χ2n) is 4.44. The zero-order valence-electron chi connectivity index (χ0n) is 9.92. The zero-order chi connectivity index (χ0) is 11.3. The maximum atomic E-state index is 11.4. The number of hydrogen-bond donors (Lipinski definition) is 0. The summed E-state index contributed by atoms with van der Waals surface area (Å²) in [7, 11) is 0. The SMILES string of the molecule is CCC(=O)Cc1ccccc1CC(C)C. The third-order valence-electron chi connectivity index (χ3n) is 2.53. The molecule has 0 atom stereocenters. The quantitative estimate of drug-likeness (QED) is 0.718. The number of benzene rings is 1. The molecule has 82 valence electrons. The summed E-state index contributed by atoms with van der Waals surface area (Å²) in [6, 6.07) is 8.28. The van der Waals surface area contributed by atoms with Crippen molar-refractivity contribution in [1.82, 2.24) is 0 Å². The van der Waals surface area contributed by atoms with Gasteiger partial charge in [0.05, 0.1) is 0 Å². The Hall–Kier alpha value is -1.11. The minimum absolute atomic E-state index is 0.325. The highest BCUT2D eigenvalue weighted by atomic mass is 16.1. The molecule has 0 unspecified atom stereocenters. The van der Waals surface area contributed by atoms with Gasteiger partial charge in [0.1, 0.15) is 5.78 Å². The van der Waals surface area contributed by atoms with Crippen LogP contribution in [0.25, 0.3) is 0 Å². The molecule has 0 aromatic heterocycles. The molecule has 1 rings (SSSR count). The molecule has 1 heteroatoms. The molecule has 0 N–H and O–H groups in total. The Kier molecular flexibility index (Phi) is 4.54. The molecule has 0 amide bonds. The van der Waals surface area contributed by atoms with Gasteiger partial charge in [-0.15, -0.1) is 0 Å².